The van der Waals surface area contributed by atoms with Crippen molar-refractivity contribution in [1.29, 1.82) is 0 Å². The highest BCUT2D eigenvalue weighted by molar-refractivity contribution is 14.1. The molecule has 0 atom stereocenters. The molecule has 126 valence electrons. The molecule has 0 aliphatic carbocycles. The molecule has 3 aromatic rings. The lowest BCUT2D eigenvalue weighted by atomic mass is 10.2. The van der Waals surface area contributed by atoms with Crippen LogP contribution in [-0.4, -0.2) is 33.3 Å². The highest BCUT2D eigenvalue weighted by Crippen LogP contribution is 2.27. The Kier molecular flexibility index (Phi) is 4.30. The fourth-order valence-corrected chi connectivity index (χ4v) is 5.22. The van der Waals surface area contributed by atoms with Crippen LogP contribution in [0, 0.1) is 3.70 Å². The van der Waals surface area contributed by atoms with E-state index in [1.54, 1.807) is 6.07 Å². The third-order valence-electron chi connectivity index (χ3n) is 3.20. The Hall–Kier alpha value is -1.66. The van der Waals surface area contributed by atoms with Gasteiger partial charge in [0.25, 0.3) is 0 Å². The predicted molar refractivity (Wildman–Crippen MR) is 96.2 cm³/mol. The van der Waals surface area contributed by atoms with E-state index in [9.17, 15) is 16.8 Å². The molecule has 0 amide bonds. The number of sulfone groups is 1. The third kappa shape index (κ3) is 3.26. The van der Waals surface area contributed by atoms with E-state index in [0.717, 1.165) is 9.96 Å². The van der Waals surface area contributed by atoms with Crippen LogP contribution in [0.25, 0.3) is 10.9 Å². The minimum atomic E-state index is -4.30. The minimum Gasteiger partial charge on any atom is -0.379 e. The Morgan fingerprint density at radius 2 is 1.71 bits per heavy atom. The summed E-state index contributed by atoms with van der Waals surface area (Å²) in [4.78, 5) is -0.696. The van der Waals surface area contributed by atoms with Gasteiger partial charge in [-0.2, -0.15) is 13.5 Å². The number of hydrogen-bond donors (Lipinski definition) is 1. The molecule has 0 fully saturated rings. The van der Waals surface area contributed by atoms with Gasteiger partial charge in [0, 0.05) is 11.6 Å². The molecule has 10 heteroatoms. The van der Waals surface area contributed by atoms with Gasteiger partial charge in [0.1, 0.15) is 14.3 Å². The summed E-state index contributed by atoms with van der Waals surface area (Å²) in [6.45, 7) is 0. The number of rotatable bonds is 4. The van der Waals surface area contributed by atoms with Crippen molar-refractivity contribution in [1.82, 2.24) is 10.2 Å². The molecule has 7 nitrogen and oxygen atoms in total. The second kappa shape index (κ2) is 6.01. The second-order valence-corrected chi connectivity index (χ2v) is 9.55. The molecule has 0 aliphatic heterocycles. The van der Waals surface area contributed by atoms with E-state index in [1.165, 1.54) is 36.4 Å². The van der Waals surface area contributed by atoms with Crippen molar-refractivity contribution < 1.29 is 21.0 Å². The lowest BCUT2D eigenvalue weighted by Crippen LogP contribution is -2.14. The molecule has 1 aromatic heterocycles. The van der Waals surface area contributed by atoms with Crippen molar-refractivity contribution in [2.75, 3.05) is 6.26 Å². The molecule has 0 aliphatic rings. The molecule has 0 saturated heterocycles. The highest BCUT2D eigenvalue weighted by atomic mass is 127. The lowest BCUT2D eigenvalue weighted by Gasteiger charge is -2.10. The first-order valence-electron chi connectivity index (χ1n) is 6.56. The molecule has 0 bridgehead atoms. The van der Waals surface area contributed by atoms with E-state index in [4.69, 9.17) is 4.18 Å². The van der Waals surface area contributed by atoms with Gasteiger partial charge >= 0.3 is 10.1 Å². The maximum Gasteiger partial charge on any atom is 0.340 e. The monoisotopic (exact) mass is 478 g/mol. The van der Waals surface area contributed by atoms with E-state index in [2.05, 4.69) is 10.2 Å². The number of aromatic amines is 1. The van der Waals surface area contributed by atoms with Gasteiger partial charge in [-0.15, -0.1) is 0 Å². The molecule has 3 rings (SSSR count). The standard InChI is InChI=1S/C14H11IN2O5S2/c1-23(18,19)12-4-2-3-5-13(12)24(20,21)22-9-6-7-11-10(8-9)14(15)17-16-11/h2-8H,1H3,(H,16,17). The van der Waals surface area contributed by atoms with Gasteiger partial charge in [-0.05, 0) is 52.9 Å². The number of nitrogens with zero attached hydrogens (tertiary/aromatic N) is 1. The summed E-state index contributed by atoms with van der Waals surface area (Å²) in [6.07, 6.45) is 0.946. The quantitative estimate of drug-likeness (QED) is 0.456. The minimum absolute atomic E-state index is 0.0742. The van der Waals surface area contributed by atoms with Crippen LogP contribution in [0.4, 0.5) is 0 Å². The SMILES string of the molecule is CS(=O)(=O)c1ccccc1S(=O)(=O)Oc1ccc2n[nH]c(I)c2c1. The summed E-state index contributed by atoms with van der Waals surface area (Å²) >= 11 is 2.03. The van der Waals surface area contributed by atoms with E-state index < -0.39 is 24.9 Å². The molecular formula is C14H11IN2O5S2. The van der Waals surface area contributed by atoms with E-state index in [1.807, 2.05) is 22.6 Å². The summed E-state index contributed by atoms with van der Waals surface area (Å²) in [5.74, 6) is 0.0742. The van der Waals surface area contributed by atoms with Crippen LogP contribution >= 0.6 is 22.6 Å². The normalized spacial score (nSPS) is 12.4. The van der Waals surface area contributed by atoms with Crippen LogP contribution in [0.15, 0.2) is 52.3 Å². The van der Waals surface area contributed by atoms with Gasteiger partial charge in [-0.25, -0.2) is 8.42 Å². The van der Waals surface area contributed by atoms with Crippen molar-refractivity contribution in [2.45, 2.75) is 9.79 Å². The molecule has 2 aromatic carbocycles. The fourth-order valence-electron chi connectivity index (χ4n) is 2.14. The van der Waals surface area contributed by atoms with Crippen LogP contribution in [0.1, 0.15) is 0 Å². The zero-order valence-corrected chi connectivity index (χ0v) is 16.0. The summed E-state index contributed by atoms with van der Waals surface area (Å²) in [5, 5.41) is 7.53. The lowest BCUT2D eigenvalue weighted by molar-refractivity contribution is 0.483. The Labute approximate surface area is 152 Å². The molecule has 1 heterocycles. The highest BCUT2D eigenvalue weighted by Gasteiger charge is 2.25. The first-order chi connectivity index (χ1) is 11.2. The fraction of sp³-hybridized carbons (Fsp3) is 0.0714. The van der Waals surface area contributed by atoms with Crippen LogP contribution in [-0.2, 0) is 20.0 Å². The molecule has 0 spiro atoms. The average Bonchev–Trinajstić information content (AvgIpc) is 2.87. The van der Waals surface area contributed by atoms with Crippen LogP contribution in [0.5, 0.6) is 5.75 Å². The molecule has 0 saturated carbocycles. The topological polar surface area (TPSA) is 106 Å². The summed E-state index contributed by atoms with van der Waals surface area (Å²) in [5.41, 5.74) is 0.667. The summed E-state index contributed by atoms with van der Waals surface area (Å²) in [7, 11) is -8.02. The Morgan fingerprint density at radius 3 is 2.38 bits per heavy atom. The van der Waals surface area contributed by atoms with Crippen molar-refractivity contribution in [3.63, 3.8) is 0 Å². The van der Waals surface area contributed by atoms with Gasteiger partial charge in [0.15, 0.2) is 9.84 Å². The zero-order valence-electron chi connectivity index (χ0n) is 12.2. The molecule has 1 N–H and O–H groups in total. The van der Waals surface area contributed by atoms with E-state index in [0.29, 0.717) is 10.9 Å². The van der Waals surface area contributed by atoms with Gasteiger partial charge < -0.3 is 4.18 Å². The van der Waals surface area contributed by atoms with Crippen molar-refractivity contribution in [3.8, 4) is 5.75 Å². The number of benzene rings is 2. The largest absolute Gasteiger partial charge is 0.379 e. The molecule has 24 heavy (non-hydrogen) atoms. The molecule has 0 unspecified atom stereocenters. The van der Waals surface area contributed by atoms with Crippen molar-refractivity contribution in [3.05, 3.63) is 46.2 Å². The zero-order chi connectivity index (χ0) is 17.5. The van der Waals surface area contributed by atoms with E-state index in [-0.39, 0.29) is 10.6 Å². The van der Waals surface area contributed by atoms with Gasteiger partial charge in [0.05, 0.1) is 10.4 Å². The number of hydrogen-bond acceptors (Lipinski definition) is 6. The molecular weight excluding hydrogens is 467 g/mol. The smallest absolute Gasteiger partial charge is 0.340 e. The maximum absolute atomic E-state index is 12.5. The average molecular weight is 478 g/mol. The van der Waals surface area contributed by atoms with Crippen LogP contribution < -0.4 is 4.18 Å². The Morgan fingerprint density at radius 1 is 1.04 bits per heavy atom. The third-order valence-corrected chi connectivity index (χ3v) is 6.62. The summed E-state index contributed by atoms with van der Waals surface area (Å²) in [6, 6.07) is 9.92. The Bertz CT molecular complexity index is 1140. The second-order valence-electron chi connectivity index (χ2n) is 4.97. The Balaban J connectivity index is 2.07. The first kappa shape index (κ1) is 17.2. The maximum atomic E-state index is 12.5. The van der Waals surface area contributed by atoms with Crippen molar-refractivity contribution >= 4 is 53.4 Å². The van der Waals surface area contributed by atoms with Crippen molar-refractivity contribution in [2.24, 2.45) is 0 Å². The van der Waals surface area contributed by atoms with Gasteiger partial charge in [0.2, 0.25) is 0 Å². The first-order valence-corrected chi connectivity index (χ1v) is 10.9. The number of halogens is 1. The number of H-pyrrole nitrogens is 1. The van der Waals surface area contributed by atoms with Gasteiger partial charge in [-0.1, -0.05) is 12.1 Å². The van der Waals surface area contributed by atoms with E-state index >= 15 is 0 Å². The number of nitrogens with one attached hydrogen (secondary N) is 1. The summed E-state index contributed by atoms with van der Waals surface area (Å²) < 4.78 is 54.5. The van der Waals surface area contributed by atoms with Crippen LogP contribution in [0.3, 0.4) is 0 Å². The van der Waals surface area contributed by atoms with Crippen LogP contribution in [0.2, 0.25) is 0 Å². The number of fused-ring (bicyclic) bond motifs is 1. The van der Waals surface area contributed by atoms with Gasteiger partial charge in [-0.3, -0.25) is 5.10 Å². The number of aromatic nitrogens is 2. The predicted octanol–water partition coefficient (Wildman–Crippen LogP) is 2.34. The molecule has 0 radical (unpaired) electrons.